The van der Waals surface area contributed by atoms with Crippen molar-refractivity contribution in [2.45, 2.75) is 39.8 Å². The fourth-order valence-corrected chi connectivity index (χ4v) is 2.33. The monoisotopic (exact) mass is 304 g/mol. The molecule has 0 spiro atoms. The van der Waals surface area contributed by atoms with Crippen LogP contribution >= 0.6 is 0 Å². The van der Waals surface area contributed by atoms with Crippen molar-refractivity contribution in [1.29, 1.82) is 0 Å². The summed E-state index contributed by atoms with van der Waals surface area (Å²) in [6.45, 7) is 7.96. The van der Waals surface area contributed by atoms with Gasteiger partial charge in [-0.2, -0.15) is 0 Å². The second kappa shape index (κ2) is 10.2. The van der Waals surface area contributed by atoms with E-state index in [1.54, 1.807) is 0 Å². The van der Waals surface area contributed by atoms with E-state index in [0.29, 0.717) is 0 Å². The number of nitrogens with zero attached hydrogens (tertiary/aromatic N) is 3. The predicted octanol–water partition coefficient (Wildman–Crippen LogP) is 2.95. The van der Waals surface area contributed by atoms with Crippen LogP contribution in [0.4, 0.5) is 0 Å². The first-order chi connectivity index (χ1) is 10.6. The van der Waals surface area contributed by atoms with Crippen LogP contribution < -0.4 is 5.32 Å². The number of rotatable bonds is 8. The SMILES string of the molecule is CCCCN(C)C(=NCc1cccc(CN(C)C)c1)NCC. The van der Waals surface area contributed by atoms with Gasteiger partial charge in [0, 0.05) is 26.7 Å². The fourth-order valence-electron chi connectivity index (χ4n) is 2.33. The van der Waals surface area contributed by atoms with Crippen molar-refractivity contribution in [2.75, 3.05) is 34.2 Å². The van der Waals surface area contributed by atoms with Gasteiger partial charge in [0.1, 0.15) is 0 Å². The topological polar surface area (TPSA) is 30.9 Å². The molecule has 0 saturated carbocycles. The molecule has 0 unspecified atom stereocenters. The second-order valence-electron chi connectivity index (χ2n) is 6.00. The smallest absolute Gasteiger partial charge is 0.193 e. The molecule has 0 aliphatic heterocycles. The molecule has 0 atom stereocenters. The molecule has 1 aromatic carbocycles. The lowest BCUT2D eigenvalue weighted by Crippen LogP contribution is -2.39. The van der Waals surface area contributed by atoms with Gasteiger partial charge in [-0.25, -0.2) is 4.99 Å². The van der Waals surface area contributed by atoms with Gasteiger partial charge in [-0.15, -0.1) is 0 Å². The van der Waals surface area contributed by atoms with E-state index >= 15 is 0 Å². The van der Waals surface area contributed by atoms with E-state index in [9.17, 15) is 0 Å². The van der Waals surface area contributed by atoms with E-state index in [4.69, 9.17) is 4.99 Å². The van der Waals surface area contributed by atoms with Gasteiger partial charge in [-0.3, -0.25) is 0 Å². The summed E-state index contributed by atoms with van der Waals surface area (Å²) in [5, 5.41) is 3.38. The van der Waals surface area contributed by atoms with Crippen LogP contribution in [0.2, 0.25) is 0 Å². The molecule has 0 radical (unpaired) electrons. The molecule has 0 bridgehead atoms. The first-order valence-electron chi connectivity index (χ1n) is 8.28. The molecular weight excluding hydrogens is 272 g/mol. The van der Waals surface area contributed by atoms with Crippen LogP contribution in [0.3, 0.4) is 0 Å². The van der Waals surface area contributed by atoms with E-state index < -0.39 is 0 Å². The molecule has 4 heteroatoms. The number of hydrogen-bond acceptors (Lipinski definition) is 2. The molecule has 0 amide bonds. The van der Waals surface area contributed by atoms with E-state index in [2.05, 4.69) is 74.4 Å². The molecule has 4 nitrogen and oxygen atoms in total. The van der Waals surface area contributed by atoms with Crippen LogP contribution in [-0.2, 0) is 13.1 Å². The van der Waals surface area contributed by atoms with Crippen LogP contribution in [0.5, 0.6) is 0 Å². The zero-order valence-corrected chi connectivity index (χ0v) is 14.9. The van der Waals surface area contributed by atoms with Gasteiger partial charge in [0.05, 0.1) is 6.54 Å². The maximum atomic E-state index is 4.77. The molecule has 1 N–H and O–H groups in total. The third-order valence-electron chi connectivity index (χ3n) is 3.45. The zero-order chi connectivity index (χ0) is 16.4. The highest BCUT2D eigenvalue weighted by Gasteiger charge is 2.05. The highest BCUT2D eigenvalue weighted by Crippen LogP contribution is 2.08. The Kier molecular flexibility index (Phi) is 8.60. The van der Waals surface area contributed by atoms with Gasteiger partial charge in [0.2, 0.25) is 0 Å². The van der Waals surface area contributed by atoms with Gasteiger partial charge in [0.25, 0.3) is 0 Å². The number of aliphatic imine (C=N–C) groups is 1. The molecule has 1 aromatic rings. The largest absolute Gasteiger partial charge is 0.357 e. The van der Waals surface area contributed by atoms with Crippen LogP contribution in [0, 0.1) is 0 Å². The number of hydrogen-bond donors (Lipinski definition) is 1. The lowest BCUT2D eigenvalue weighted by Gasteiger charge is -2.21. The van der Waals surface area contributed by atoms with Crippen molar-refractivity contribution in [3.8, 4) is 0 Å². The van der Waals surface area contributed by atoms with Crippen molar-refractivity contribution in [3.05, 3.63) is 35.4 Å². The Balaban J connectivity index is 2.72. The average molecular weight is 304 g/mol. The van der Waals surface area contributed by atoms with Crippen LogP contribution in [0.25, 0.3) is 0 Å². The number of unbranched alkanes of at least 4 members (excludes halogenated alkanes) is 1. The molecule has 0 heterocycles. The first kappa shape index (κ1) is 18.5. The minimum Gasteiger partial charge on any atom is -0.357 e. The maximum Gasteiger partial charge on any atom is 0.193 e. The lowest BCUT2D eigenvalue weighted by atomic mass is 10.1. The van der Waals surface area contributed by atoms with E-state index in [1.807, 2.05) is 0 Å². The Bertz CT molecular complexity index is 454. The van der Waals surface area contributed by atoms with Crippen molar-refractivity contribution in [3.63, 3.8) is 0 Å². The minimum absolute atomic E-state index is 0.722. The molecule has 0 fully saturated rings. The van der Waals surface area contributed by atoms with Crippen molar-refractivity contribution >= 4 is 5.96 Å². The normalized spacial score (nSPS) is 11.8. The van der Waals surface area contributed by atoms with Gasteiger partial charge in [-0.05, 0) is 38.6 Å². The van der Waals surface area contributed by atoms with Crippen molar-refractivity contribution in [1.82, 2.24) is 15.1 Å². The summed E-state index contributed by atoms with van der Waals surface area (Å²) in [5.41, 5.74) is 2.60. The standard InChI is InChI=1S/C18H32N4/c1-6-8-12-22(5)18(19-7-2)20-14-16-10-9-11-17(13-16)15-21(3)4/h9-11,13H,6-8,12,14-15H2,1-5H3,(H,19,20). The molecule has 124 valence electrons. The summed E-state index contributed by atoms with van der Waals surface area (Å²) in [4.78, 5) is 9.18. The third-order valence-corrected chi connectivity index (χ3v) is 3.45. The van der Waals surface area contributed by atoms with Crippen LogP contribution in [-0.4, -0.2) is 50.0 Å². The summed E-state index contributed by atoms with van der Waals surface area (Å²) in [7, 11) is 6.30. The summed E-state index contributed by atoms with van der Waals surface area (Å²) in [6.07, 6.45) is 2.40. The Hall–Kier alpha value is -1.55. The van der Waals surface area contributed by atoms with E-state index in [1.165, 1.54) is 24.0 Å². The maximum absolute atomic E-state index is 4.77. The summed E-state index contributed by atoms with van der Waals surface area (Å²) >= 11 is 0. The quantitative estimate of drug-likeness (QED) is 0.592. The number of guanidine groups is 1. The predicted molar refractivity (Wildman–Crippen MR) is 96.2 cm³/mol. The molecule has 0 aromatic heterocycles. The van der Waals surface area contributed by atoms with Gasteiger partial charge < -0.3 is 15.1 Å². The minimum atomic E-state index is 0.722. The number of benzene rings is 1. The van der Waals surface area contributed by atoms with E-state index in [0.717, 1.165) is 32.1 Å². The van der Waals surface area contributed by atoms with E-state index in [-0.39, 0.29) is 0 Å². The van der Waals surface area contributed by atoms with Gasteiger partial charge >= 0.3 is 0 Å². The Morgan fingerprint density at radius 2 is 1.86 bits per heavy atom. The average Bonchev–Trinajstić information content (AvgIpc) is 2.48. The lowest BCUT2D eigenvalue weighted by molar-refractivity contribution is 0.402. The molecule has 1 rings (SSSR count). The molecular formula is C18H32N4. The molecule has 0 saturated heterocycles. The summed E-state index contributed by atoms with van der Waals surface area (Å²) in [6, 6.07) is 8.70. The highest BCUT2D eigenvalue weighted by molar-refractivity contribution is 5.79. The Morgan fingerprint density at radius 3 is 2.50 bits per heavy atom. The summed E-state index contributed by atoms with van der Waals surface area (Å²) < 4.78 is 0. The molecule has 0 aliphatic rings. The Morgan fingerprint density at radius 1 is 1.14 bits per heavy atom. The van der Waals surface area contributed by atoms with Crippen molar-refractivity contribution < 1.29 is 0 Å². The molecule has 22 heavy (non-hydrogen) atoms. The first-order valence-corrected chi connectivity index (χ1v) is 8.28. The van der Waals surface area contributed by atoms with Crippen LogP contribution in [0.1, 0.15) is 37.8 Å². The Labute approximate surface area is 136 Å². The van der Waals surface area contributed by atoms with Crippen LogP contribution in [0.15, 0.2) is 29.3 Å². The second-order valence-corrected chi connectivity index (χ2v) is 6.00. The fraction of sp³-hybridized carbons (Fsp3) is 0.611. The molecule has 0 aliphatic carbocycles. The number of nitrogens with one attached hydrogen (secondary N) is 1. The third kappa shape index (κ3) is 6.94. The highest BCUT2D eigenvalue weighted by atomic mass is 15.3. The zero-order valence-electron chi connectivity index (χ0n) is 14.9. The van der Waals surface area contributed by atoms with Crippen molar-refractivity contribution in [2.24, 2.45) is 4.99 Å². The van der Waals surface area contributed by atoms with Gasteiger partial charge in [0.15, 0.2) is 5.96 Å². The summed E-state index contributed by atoms with van der Waals surface area (Å²) in [5.74, 6) is 0.994. The van der Waals surface area contributed by atoms with Gasteiger partial charge in [-0.1, -0.05) is 37.6 Å².